The SMILES string of the molecule is CCNC(=NCC1(C(=O)N(C)C)CCCC1)NC1CCN(CCS(C)(=O)=O)CC1. The predicted molar refractivity (Wildman–Crippen MR) is 118 cm³/mol. The smallest absolute Gasteiger partial charge is 0.230 e. The van der Waals surface area contributed by atoms with Crippen LogP contribution in [0.25, 0.3) is 0 Å². The van der Waals surface area contributed by atoms with Crippen molar-refractivity contribution >= 4 is 21.7 Å². The molecule has 0 atom stereocenters. The van der Waals surface area contributed by atoms with E-state index in [0.717, 1.165) is 64.1 Å². The zero-order valence-electron chi connectivity index (χ0n) is 18.5. The van der Waals surface area contributed by atoms with Gasteiger partial charge in [0.15, 0.2) is 5.96 Å². The van der Waals surface area contributed by atoms with Gasteiger partial charge in [0.25, 0.3) is 0 Å². The van der Waals surface area contributed by atoms with Crippen LogP contribution < -0.4 is 10.6 Å². The fourth-order valence-electron chi connectivity index (χ4n) is 4.31. The third kappa shape index (κ3) is 7.44. The Labute approximate surface area is 176 Å². The summed E-state index contributed by atoms with van der Waals surface area (Å²) in [4.78, 5) is 21.5. The Morgan fingerprint density at radius 3 is 2.34 bits per heavy atom. The van der Waals surface area contributed by atoms with Crippen molar-refractivity contribution in [1.82, 2.24) is 20.4 Å². The number of carbonyl (C=O) groups excluding carboxylic acids is 1. The molecule has 1 saturated heterocycles. The van der Waals surface area contributed by atoms with E-state index in [1.54, 1.807) is 4.90 Å². The van der Waals surface area contributed by atoms with Crippen LogP contribution in [-0.2, 0) is 14.6 Å². The maximum Gasteiger partial charge on any atom is 0.230 e. The number of rotatable bonds is 8. The molecule has 1 amide bonds. The van der Waals surface area contributed by atoms with E-state index >= 15 is 0 Å². The highest BCUT2D eigenvalue weighted by molar-refractivity contribution is 7.90. The number of aliphatic imine (C=N–C) groups is 1. The first-order valence-corrected chi connectivity index (χ1v) is 12.9. The van der Waals surface area contributed by atoms with Crippen molar-refractivity contribution < 1.29 is 13.2 Å². The second-order valence-electron chi connectivity index (χ2n) is 8.77. The molecular weight excluding hydrogens is 390 g/mol. The van der Waals surface area contributed by atoms with Crippen LogP contribution in [0.5, 0.6) is 0 Å². The molecule has 1 heterocycles. The van der Waals surface area contributed by atoms with Crippen molar-refractivity contribution in [3.05, 3.63) is 0 Å². The van der Waals surface area contributed by atoms with Crippen molar-refractivity contribution in [2.24, 2.45) is 10.4 Å². The number of hydrogen-bond acceptors (Lipinski definition) is 5. The molecule has 0 spiro atoms. The summed E-state index contributed by atoms with van der Waals surface area (Å²) >= 11 is 0. The zero-order chi connectivity index (χ0) is 21.5. The molecule has 2 aliphatic rings. The average Bonchev–Trinajstić information content (AvgIpc) is 3.14. The molecule has 0 bridgehead atoms. The summed E-state index contributed by atoms with van der Waals surface area (Å²) in [5, 5.41) is 6.84. The first kappa shape index (κ1) is 23.9. The van der Waals surface area contributed by atoms with E-state index in [0.29, 0.717) is 19.1 Å². The Hall–Kier alpha value is -1.35. The number of nitrogens with one attached hydrogen (secondary N) is 2. The minimum atomic E-state index is -2.92. The molecule has 0 unspecified atom stereocenters. The van der Waals surface area contributed by atoms with Crippen LogP contribution in [0, 0.1) is 5.41 Å². The third-order valence-corrected chi connectivity index (χ3v) is 6.94. The fraction of sp³-hybridized carbons (Fsp3) is 0.900. The van der Waals surface area contributed by atoms with Gasteiger partial charge >= 0.3 is 0 Å². The summed E-state index contributed by atoms with van der Waals surface area (Å²) in [6.45, 7) is 5.71. The van der Waals surface area contributed by atoms with Crippen molar-refractivity contribution in [1.29, 1.82) is 0 Å². The van der Waals surface area contributed by atoms with Crippen molar-refractivity contribution in [3.63, 3.8) is 0 Å². The molecule has 2 N–H and O–H groups in total. The number of guanidine groups is 1. The number of hydrogen-bond donors (Lipinski definition) is 2. The Morgan fingerprint density at radius 2 is 1.83 bits per heavy atom. The van der Waals surface area contributed by atoms with Crippen LogP contribution in [0.15, 0.2) is 4.99 Å². The topological polar surface area (TPSA) is 94.1 Å². The van der Waals surface area contributed by atoms with E-state index < -0.39 is 9.84 Å². The van der Waals surface area contributed by atoms with Gasteiger partial charge < -0.3 is 20.4 Å². The van der Waals surface area contributed by atoms with Gasteiger partial charge in [0, 0.05) is 52.6 Å². The summed E-state index contributed by atoms with van der Waals surface area (Å²) in [5.74, 6) is 1.19. The molecule has 0 radical (unpaired) electrons. The molecule has 2 rings (SSSR count). The number of amides is 1. The van der Waals surface area contributed by atoms with E-state index in [1.807, 2.05) is 21.0 Å². The summed E-state index contributed by atoms with van der Waals surface area (Å²) < 4.78 is 22.7. The van der Waals surface area contributed by atoms with E-state index in [9.17, 15) is 13.2 Å². The lowest BCUT2D eigenvalue weighted by molar-refractivity contribution is -0.138. The van der Waals surface area contributed by atoms with Crippen LogP contribution >= 0.6 is 0 Å². The third-order valence-electron chi connectivity index (χ3n) is 6.01. The van der Waals surface area contributed by atoms with Gasteiger partial charge in [-0.15, -0.1) is 0 Å². The second-order valence-corrected chi connectivity index (χ2v) is 11.0. The number of likely N-dealkylation sites (tertiary alicyclic amines) is 1. The molecule has 9 heteroatoms. The molecule has 0 aromatic rings. The van der Waals surface area contributed by atoms with Crippen molar-refractivity contribution in [2.45, 2.75) is 51.5 Å². The van der Waals surface area contributed by atoms with E-state index in [1.165, 1.54) is 6.26 Å². The monoisotopic (exact) mass is 429 g/mol. The van der Waals surface area contributed by atoms with E-state index in [2.05, 4.69) is 15.5 Å². The van der Waals surface area contributed by atoms with Gasteiger partial charge in [0.1, 0.15) is 9.84 Å². The fourth-order valence-corrected chi connectivity index (χ4v) is 4.90. The molecule has 0 aromatic heterocycles. The number of sulfone groups is 1. The van der Waals surface area contributed by atoms with Gasteiger partial charge in [-0.2, -0.15) is 0 Å². The van der Waals surface area contributed by atoms with E-state index in [4.69, 9.17) is 4.99 Å². The molecular formula is C20H39N5O3S. The molecule has 1 saturated carbocycles. The van der Waals surface area contributed by atoms with Gasteiger partial charge in [-0.05, 0) is 32.6 Å². The maximum absolute atomic E-state index is 12.8. The molecule has 29 heavy (non-hydrogen) atoms. The Bertz CT molecular complexity index is 664. The van der Waals surface area contributed by atoms with Crippen LogP contribution in [0.3, 0.4) is 0 Å². The van der Waals surface area contributed by atoms with Crippen LogP contribution in [0.4, 0.5) is 0 Å². The number of piperidine rings is 1. The summed E-state index contributed by atoms with van der Waals surface area (Å²) in [6.07, 6.45) is 7.19. The molecule has 2 fully saturated rings. The minimum absolute atomic E-state index is 0.189. The summed E-state index contributed by atoms with van der Waals surface area (Å²) in [5.41, 5.74) is -0.360. The molecule has 1 aliphatic carbocycles. The lowest BCUT2D eigenvalue weighted by Gasteiger charge is -2.33. The van der Waals surface area contributed by atoms with Crippen LogP contribution in [0.1, 0.15) is 45.4 Å². The first-order valence-electron chi connectivity index (χ1n) is 10.8. The standard InChI is InChI=1S/C20H39N5O3S/c1-5-21-19(22-16-20(10-6-7-11-20)18(26)24(2)3)23-17-8-12-25(13-9-17)14-15-29(4,27)28/h17H,5-16H2,1-4H3,(H2,21,22,23). The van der Waals surface area contributed by atoms with Crippen molar-refractivity contribution in [2.75, 3.05) is 58.8 Å². The normalized spacial score (nSPS) is 21.2. The van der Waals surface area contributed by atoms with Gasteiger partial charge in [0.2, 0.25) is 5.91 Å². The lowest BCUT2D eigenvalue weighted by atomic mass is 9.85. The second kappa shape index (κ2) is 10.6. The Balaban J connectivity index is 1.92. The zero-order valence-corrected chi connectivity index (χ0v) is 19.4. The summed E-state index contributed by atoms with van der Waals surface area (Å²) in [7, 11) is 0.738. The van der Waals surface area contributed by atoms with Gasteiger partial charge in [-0.3, -0.25) is 9.79 Å². The highest BCUT2D eigenvalue weighted by Gasteiger charge is 2.42. The maximum atomic E-state index is 12.8. The van der Waals surface area contributed by atoms with Crippen LogP contribution in [0.2, 0.25) is 0 Å². The minimum Gasteiger partial charge on any atom is -0.357 e. The Morgan fingerprint density at radius 1 is 1.21 bits per heavy atom. The van der Waals surface area contributed by atoms with Gasteiger partial charge in [-0.25, -0.2) is 8.42 Å². The highest BCUT2D eigenvalue weighted by Crippen LogP contribution is 2.39. The molecule has 1 aliphatic heterocycles. The van der Waals surface area contributed by atoms with Crippen molar-refractivity contribution in [3.8, 4) is 0 Å². The Kier molecular flexibility index (Phi) is 8.75. The molecule has 0 aromatic carbocycles. The van der Waals surface area contributed by atoms with Crippen LogP contribution in [-0.4, -0.2) is 95.0 Å². The quantitative estimate of drug-likeness (QED) is 0.436. The van der Waals surface area contributed by atoms with Gasteiger partial charge in [0.05, 0.1) is 17.7 Å². The lowest BCUT2D eigenvalue weighted by Crippen LogP contribution is -2.49. The van der Waals surface area contributed by atoms with E-state index in [-0.39, 0.29) is 17.1 Å². The molecule has 168 valence electrons. The highest BCUT2D eigenvalue weighted by atomic mass is 32.2. The largest absolute Gasteiger partial charge is 0.357 e. The first-order chi connectivity index (χ1) is 13.6. The predicted octanol–water partition coefficient (Wildman–Crippen LogP) is 0.699. The number of carbonyl (C=O) groups is 1. The molecule has 8 nitrogen and oxygen atoms in total. The summed E-state index contributed by atoms with van der Waals surface area (Å²) in [6, 6.07) is 0.311. The number of nitrogens with zero attached hydrogens (tertiary/aromatic N) is 3. The average molecular weight is 430 g/mol. The van der Waals surface area contributed by atoms with Gasteiger partial charge in [-0.1, -0.05) is 12.8 Å².